The first-order valence-corrected chi connectivity index (χ1v) is 12.1. The molecule has 0 N–H and O–H groups in total. The molecule has 3 aromatic heterocycles. The Hall–Kier alpha value is -3.86. The molecule has 3 atom stereocenters. The highest BCUT2D eigenvalue weighted by Gasteiger charge is 2.65. The number of rotatable bonds is 4. The number of pyridine rings is 1. The van der Waals surface area contributed by atoms with E-state index in [4.69, 9.17) is 5.10 Å². The van der Waals surface area contributed by atoms with E-state index < -0.39 is 23.0 Å². The van der Waals surface area contributed by atoms with Gasteiger partial charge in [0.15, 0.2) is 17.5 Å². The van der Waals surface area contributed by atoms with E-state index in [1.165, 1.54) is 6.33 Å². The third-order valence-electron chi connectivity index (χ3n) is 8.15. The fourth-order valence-corrected chi connectivity index (χ4v) is 6.64. The molecule has 1 unspecified atom stereocenters. The maximum Gasteiger partial charge on any atom is 0.203 e. The van der Waals surface area contributed by atoms with Crippen molar-refractivity contribution in [2.75, 3.05) is 0 Å². The number of fused-ring (bicyclic) bond motifs is 2. The van der Waals surface area contributed by atoms with Crippen LogP contribution in [0.15, 0.2) is 36.9 Å². The average molecular weight is 506 g/mol. The number of aromatic nitrogens is 6. The van der Waals surface area contributed by atoms with E-state index in [2.05, 4.69) is 20.0 Å². The van der Waals surface area contributed by atoms with E-state index in [0.29, 0.717) is 36.3 Å². The number of aryl methyl sites for hydroxylation is 2. The first-order valence-electron chi connectivity index (χ1n) is 12.1. The molecule has 0 radical (unpaired) electrons. The number of benzene rings is 1. The lowest BCUT2D eigenvalue weighted by molar-refractivity contribution is -0.0555. The van der Waals surface area contributed by atoms with E-state index in [0.717, 1.165) is 35.5 Å². The summed E-state index contributed by atoms with van der Waals surface area (Å²) in [6, 6.07) is 5.70. The van der Waals surface area contributed by atoms with Crippen molar-refractivity contribution in [3.63, 3.8) is 0 Å². The van der Waals surface area contributed by atoms with Gasteiger partial charge in [0.1, 0.15) is 18.3 Å². The van der Waals surface area contributed by atoms with Crippen LogP contribution in [-0.4, -0.2) is 51.8 Å². The summed E-state index contributed by atoms with van der Waals surface area (Å²) in [6.07, 6.45) is 5.61. The predicted molar refractivity (Wildman–Crippen MR) is 125 cm³/mol. The topological polar surface area (TPSA) is 81.7 Å². The fourth-order valence-electron chi connectivity index (χ4n) is 6.64. The van der Waals surface area contributed by atoms with Gasteiger partial charge in [-0.1, -0.05) is 0 Å². The van der Waals surface area contributed by atoms with Crippen LogP contribution in [0.25, 0.3) is 16.9 Å². The Morgan fingerprint density at radius 2 is 1.95 bits per heavy atom. The van der Waals surface area contributed by atoms with E-state index in [-0.39, 0.29) is 23.4 Å². The van der Waals surface area contributed by atoms with Crippen molar-refractivity contribution in [3.05, 3.63) is 77.0 Å². The molecule has 0 aliphatic carbocycles. The first kappa shape index (κ1) is 22.3. The van der Waals surface area contributed by atoms with E-state index in [1.807, 2.05) is 19.1 Å². The molecular formula is C26H22F3N7O. The number of nitrogens with zero attached hydrogens (tertiary/aromatic N) is 7. The number of ketones is 1. The minimum absolute atomic E-state index is 0.0391. The monoisotopic (exact) mass is 505 g/mol. The Morgan fingerprint density at radius 3 is 2.68 bits per heavy atom. The van der Waals surface area contributed by atoms with Gasteiger partial charge in [-0.2, -0.15) is 10.2 Å². The van der Waals surface area contributed by atoms with Crippen LogP contribution < -0.4 is 0 Å². The molecule has 7 rings (SSSR count). The van der Waals surface area contributed by atoms with Gasteiger partial charge in [0.2, 0.25) is 5.78 Å². The Kier molecular flexibility index (Phi) is 4.58. The van der Waals surface area contributed by atoms with Crippen molar-refractivity contribution in [2.24, 2.45) is 7.05 Å². The number of hydrogen-bond acceptors (Lipinski definition) is 6. The Labute approximate surface area is 209 Å². The molecular weight excluding hydrogens is 483 g/mol. The van der Waals surface area contributed by atoms with Crippen molar-refractivity contribution in [1.82, 2.24) is 34.4 Å². The van der Waals surface area contributed by atoms with E-state index >= 15 is 0 Å². The molecule has 6 heterocycles. The zero-order valence-electron chi connectivity index (χ0n) is 20.1. The predicted octanol–water partition coefficient (Wildman–Crippen LogP) is 3.88. The number of carbonyl (C=O) groups excluding carboxylic acids is 1. The fraction of sp³-hybridized carbons (Fsp3) is 0.346. The molecule has 4 aromatic rings. The van der Waals surface area contributed by atoms with Crippen LogP contribution in [-0.2, 0) is 13.5 Å². The molecule has 2 fully saturated rings. The molecule has 0 amide bonds. The highest BCUT2D eigenvalue weighted by molar-refractivity contribution is 6.05. The summed E-state index contributed by atoms with van der Waals surface area (Å²) in [7, 11) is 1.72. The SMILES string of the molecule is Cc1ccc(-n2cncn2)c(C(=O)C23CC[C@H]4Cc5c(nn(C)c5-c5cc(F)c(F)c(F)c5)[C@@H](C2)N43)n1. The summed E-state index contributed by atoms with van der Waals surface area (Å²) in [4.78, 5) is 25.0. The van der Waals surface area contributed by atoms with Gasteiger partial charge >= 0.3 is 0 Å². The summed E-state index contributed by atoms with van der Waals surface area (Å²) in [6.45, 7) is 1.85. The van der Waals surface area contributed by atoms with Crippen molar-refractivity contribution >= 4 is 5.78 Å². The van der Waals surface area contributed by atoms with Gasteiger partial charge in [-0.25, -0.2) is 27.8 Å². The third-order valence-corrected chi connectivity index (χ3v) is 8.15. The molecule has 3 aliphatic rings. The average Bonchev–Trinajstić information content (AvgIpc) is 3.56. The number of halogens is 3. The van der Waals surface area contributed by atoms with Crippen molar-refractivity contribution in [3.8, 4) is 16.9 Å². The number of hydrogen-bond donors (Lipinski definition) is 0. The van der Waals surface area contributed by atoms with Crippen molar-refractivity contribution < 1.29 is 18.0 Å². The molecule has 3 aliphatic heterocycles. The second-order valence-corrected chi connectivity index (χ2v) is 10.1. The minimum Gasteiger partial charge on any atom is -0.290 e. The van der Waals surface area contributed by atoms with Crippen molar-refractivity contribution in [1.29, 1.82) is 0 Å². The highest BCUT2D eigenvalue weighted by Crippen LogP contribution is 2.60. The smallest absolute Gasteiger partial charge is 0.203 e. The van der Waals surface area contributed by atoms with Gasteiger partial charge < -0.3 is 0 Å². The summed E-state index contributed by atoms with van der Waals surface area (Å²) >= 11 is 0. The summed E-state index contributed by atoms with van der Waals surface area (Å²) < 4.78 is 44.9. The molecule has 2 saturated heterocycles. The molecule has 0 saturated carbocycles. The molecule has 8 nitrogen and oxygen atoms in total. The van der Waals surface area contributed by atoms with E-state index in [9.17, 15) is 18.0 Å². The molecule has 11 heteroatoms. The maximum absolute atomic E-state index is 14.1. The number of Topliss-reactive ketones (excluding diaryl/α,β-unsaturated/α-hetero) is 1. The summed E-state index contributed by atoms with van der Waals surface area (Å²) in [5.41, 5.74) is 3.55. The van der Waals surface area contributed by atoms with Crippen LogP contribution >= 0.6 is 0 Å². The normalized spacial score (nSPS) is 24.0. The summed E-state index contributed by atoms with van der Waals surface area (Å²) in [5.74, 6) is -3.99. The first-order chi connectivity index (χ1) is 17.8. The van der Waals surface area contributed by atoms with Gasteiger partial charge in [-0.3, -0.25) is 14.4 Å². The maximum atomic E-state index is 14.1. The molecule has 0 spiro atoms. The standard InChI is InChI=1S/C26H22F3N7O/c1-13-3-4-19(35-12-30-11-31-35)23(32-13)25(37)26-6-5-15-9-16-22(20(10-26)36(15)26)33-34(2)24(16)14-7-17(27)21(29)18(28)8-14/h3-4,7-8,11-12,15,20H,5-6,9-10H2,1-2H3/t15-,20+,26?/m0/s1. The lowest BCUT2D eigenvalue weighted by Crippen LogP contribution is -2.66. The van der Waals surface area contributed by atoms with Crippen LogP contribution in [0.3, 0.4) is 0 Å². The summed E-state index contributed by atoms with van der Waals surface area (Å²) in [5, 5.41) is 8.91. The lowest BCUT2D eigenvalue weighted by atomic mass is 9.71. The van der Waals surface area contributed by atoms with Gasteiger partial charge in [0, 0.05) is 29.9 Å². The van der Waals surface area contributed by atoms with Gasteiger partial charge in [-0.05, 0) is 56.9 Å². The largest absolute Gasteiger partial charge is 0.290 e. The molecule has 1 aromatic carbocycles. The van der Waals surface area contributed by atoms with Gasteiger partial charge in [-0.15, -0.1) is 0 Å². The lowest BCUT2D eigenvalue weighted by Gasteiger charge is -2.57. The van der Waals surface area contributed by atoms with Gasteiger partial charge in [0.05, 0.1) is 28.7 Å². The van der Waals surface area contributed by atoms with Crippen molar-refractivity contribution in [2.45, 2.75) is 50.2 Å². The van der Waals surface area contributed by atoms with Crippen LogP contribution in [0.4, 0.5) is 13.2 Å². The highest BCUT2D eigenvalue weighted by atomic mass is 19.2. The Balaban J connectivity index is 1.28. The third kappa shape index (κ3) is 2.97. The molecule has 37 heavy (non-hydrogen) atoms. The quantitative estimate of drug-likeness (QED) is 0.309. The zero-order valence-corrected chi connectivity index (χ0v) is 20.1. The van der Waals surface area contributed by atoms with Crippen LogP contribution in [0, 0.1) is 24.4 Å². The Morgan fingerprint density at radius 1 is 1.16 bits per heavy atom. The van der Waals surface area contributed by atoms with Crippen LogP contribution in [0.5, 0.6) is 0 Å². The Bertz CT molecular complexity index is 1570. The van der Waals surface area contributed by atoms with Crippen LogP contribution in [0.2, 0.25) is 0 Å². The van der Waals surface area contributed by atoms with E-state index in [1.54, 1.807) is 22.7 Å². The molecule has 0 bridgehead atoms. The second kappa shape index (κ2) is 7.58. The second-order valence-electron chi connectivity index (χ2n) is 10.1. The van der Waals surface area contributed by atoms with Crippen LogP contribution in [0.1, 0.15) is 52.7 Å². The number of carbonyl (C=O) groups is 1. The zero-order chi connectivity index (χ0) is 25.6. The van der Waals surface area contributed by atoms with Gasteiger partial charge in [0.25, 0.3) is 0 Å². The minimum atomic E-state index is -1.49. The molecule has 188 valence electrons.